The Kier molecular flexibility index (Phi) is 4.66. The van der Waals surface area contributed by atoms with Crippen molar-refractivity contribution in [2.45, 2.75) is 38.2 Å². The molecule has 1 atom stereocenters. The van der Waals surface area contributed by atoms with Crippen molar-refractivity contribution in [2.75, 3.05) is 25.4 Å². The number of fused-ring (bicyclic) bond motifs is 1. The summed E-state index contributed by atoms with van der Waals surface area (Å²) in [6.07, 6.45) is 0.342. The van der Waals surface area contributed by atoms with Crippen LogP contribution in [0.4, 0.5) is 0 Å². The lowest BCUT2D eigenvalue weighted by Crippen LogP contribution is -2.44. The summed E-state index contributed by atoms with van der Waals surface area (Å²) in [5, 5.41) is 1.18. The van der Waals surface area contributed by atoms with Gasteiger partial charge in [0.2, 0.25) is 0 Å². The van der Waals surface area contributed by atoms with E-state index in [9.17, 15) is 0 Å². The maximum Gasteiger partial charge on any atom is 0.168 e. The zero-order valence-electron chi connectivity index (χ0n) is 14.4. The third-order valence-corrected chi connectivity index (χ3v) is 5.88. The van der Waals surface area contributed by atoms with E-state index in [4.69, 9.17) is 9.72 Å². The molecule has 4 rings (SSSR count). The first-order valence-electron chi connectivity index (χ1n) is 8.84. The van der Waals surface area contributed by atoms with Gasteiger partial charge in [0.05, 0.1) is 24.1 Å². The molecule has 0 bridgehead atoms. The molecule has 24 heavy (non-hydrogen) atoms. The number of rotatable bonds is 4. The van der Waals surface area contributed by atoms with Crippen LogP contribution in [-0.2, 0) is 17.8 Å². The Hall–Kier alpha value is -1.30. The monoisotopic (exact) mass is 343 g/mol. The molecule has 0 N–H and O–H groups in total. The Bertz CT molecular complexity index is 698. The van der Waals surface area contributed by atoms with Gasteiger partial charge >= 0.3 is 0 Å². The zero-order valence-corrected chi connectivity index (χ0v) is 15.3. The fourth-order valence-corrected chi connectivity index (χ4v) is 4.48. The minimum Gasteiger partial charge on any atom is -0.375 e. The van der Waals surface area contributed by atoms with Gasteiger partial charge in [0, 0.05) is 37.5 Å². The van der Waals surface area contributed by atoms with E-state index in [1.165, 1.54) is 16.4 Å². The Morgan fingerprint density at radius 2 is 2.08 bits per heavy atom. The quantitative estimate of drug-likeness (QED) is 0.850. The molecular formula is C19H25N3OS. The number of aromatic nitrogens is 2. The average molecular weight is 343 g/mol. The predicted molar refractivity (Wildman–Crippen MR) is 98.2 cm³/mol. The number of hydrogen-bond acceptors (Lipinski definition) is 4. The second kappa shape index (κ2) is 6.90. The summed E-state index contributed by atoms with van der Waals surface area (Å²) in [5.74, 6) is 1.70. The predicted octanol–water partition coefficient (Wildman–Crippen LogP) is 3.51. The summed E-state index contributed by atoms with van der Waals surface area (Å²) in [4.78, 5) is 7.48. The molecule has 0 spiro atoms. The molecule has 3 heterocycles. The molecule has 1 unspecified atom stereocenters. The van der Waals surface area contributed by atoms with E-state index in [1.807, 2.05) is 11.8 Å². The number of ether oxygens (including phenoxy) is 1. The number of morpholine rings is 1. The van der Waals surface area contributed by atoms with Gasteiger partial charge in [-0.05, 0) is 5.92 Å². The highest BCUT2D eigenvalue weighted by Gasteiger charge is 2.27. The average Bonchev–Trinajstić information content (AvgIpc) is 3.19. The molecule has 5 heteroatoms. The molecule has 1 aromatic heterocycles. The molecule has 0 radical (unpaired) electrons. The van der Waals surface area contributed by atoms with E-state index >= 15 is 0 Å². The minimum absolute atomic E-state index is 0.342. The van der Waals surface area contributed by atoms with Crippen LogP contribution in [-0.4, -0.2) is 46.0 Å². The van der Waals surface area contributed by atoms with Gasteiger partial charge in [-0.2, -0.15) is 0 Å². The summed E-state index contributed by atoms with van der Waals surface area (Å²) >= 11 is 1.87. The first-order chi connectivity index (χ1) is 11.7. The lowest BCUT2D eigenvalue weighted by atomic mass is 10.0. The third kappa shape index (κ3) is 3.13. The van der Waals surface area contributed by atoms with E-state index in [1.54, 1.807) is 0 Å². The zero-order chi connectivity index (χ0) is 16.5. The highest BCUT2D eigenvalue weighted by atomic mass is 32.2. The molecule has 1 saturated heterocycles. The minimum atomic E-state index is 0.342. The summed E-state index contributed by atoms with van der Waals surface area (Å²) in [5.41, 5.74) is 3.75. The number of benzene rings is 1. The van der Waals surface area contributed by atoms with Crippen LogP contribution in [0.5, 0.6) is 0 Å². The van der Waals surface area contributed by atoms with Crippen LogP contribution in [0.3, 0.4) is 0 Å². The summed E-state index contributed by atoms with van der Waals surface area (Å²) in [7, 11) is 0. The smallest absolute Gasteiger partial charge is 0.168 e. The second-order valence-electron chi connectivity index (χ2n) is 6.94. The molecule has 1 aromatic carbocycles. The van der Waals surface area contributed by atoms with E-state index in [0.29, 0.717) is 12.0 Å². The Labute approximate surface area is 148 Å². The van der Waals surface area contributed by atoms with Crippen molar-refractivity contribution in [1.82, 2.24) is 14.5 Å². The standard InChI is InChI=1S/C19H25N3OS/c1-14(2)17-13-21(8-10-23-17)12-16-18(15-6-4-3-5-7-15)20-19-22(16)9-11-24-19/h3-7,14,17H,8-13H2,1-2H3. The first-order valence-corrected chi connectivity index (χ1v) is 9.82. The van der Waals surface area contributed by atoms with Crippen molar-refractivity contribution in [3.8, 4) is 11.3 Å². The third-order valence-electron chi connectivity index (χ3n) is 4.93. The van der Waals surface area contributed by atoms with E-state index in [2.05, 4.69) is 53.6 Å². The van der Waals surface area contributed by atoms with Crippen LogP contribution in [0.1, 0.15) is 19.5 Å². The largest absolute Gasteiger partial charge is 0.375 e. The topological polar surface area (TPSA) is 30.3 Å². The summed E-state index contributed by atoms with van der Waals surface area (Å²) < 4.78 is 8.35. The van der Waals surface area contributed by atoms with Crippen LogP contribution in [0.2, 0.25) is 0 Å². The Balaban J connectivity index is 1.62. The SMILES string of the molecule is CC(C)C1CN(Cc2c(-c3ccccc3)nc3n2CCS3)CCO1. The van der Waals surface area contributed by atoms with Crippen LogP contribution in [0.15, 0.2) is 35.5 Å². The van der Waals surface area contributed by atoms with E-state index < -0.39 is 0 Å². The van der Waals surface area contributed by atoms with E-state index in [-0.39, 0.29) is 0 Å². The van der Waals surface area contributed by atoms with Gasteiger partial charge in [-0.3, -0.25) is 4.90 Å². The van der Waals surface area contributed by atoms with Gasteiger partial charge in [0.25, 0.3) is 0 Å². The number of nitrogens with zero attached hydrogens (tertiary/aromatic N) is 3. The maximum atomic E-state index is 5.93. The van der Waals surface area contributed by atoms with Crippen LogP contribution in [0, 0.1) is 5.92 Å². The number of imidazole rings is 1. The molecule has 1 fully saturated rings. The first kappa shape index (κ1) is 16.2. The normalized spacial score (nSPS) is 21.4. The molecule has 2 aliphatic rings. The maximum absolute atomic E-state index is 5.93. The fraction of sp³-hybridized carbons (Fsp3) is 0.526. The van der Waals surface area contributed by atoms with Gasteiger partial charge in [0.1, 0.15) is 0 Å². The summed E-state index contributed by atoms with van der Waals surface area (Å²) in [6, 6.07) is 10.6. The molecule has 4 nitrogen and oxygen atoms in total. The molecule has 0 aliphatic carbocycles. The van der Waals surface area contributed by atoms with Crippen LogP contribution in [0.25, 0.3) is 11.3 Å². The van der Waals surface area contributed by atoms with Gasteiger partial charge < -0.3 is 9.30 Å². The van der Waals surface area contributed by atoms with Crippen molar-refractivity contribution >= 4 is 11.8 Å². The molecule has 0 amide bonds. The van der Waals surface area contributed by atoms with Crippen molar-refractivity contribution in [1.29, 1.82) is 0 Å². The number of thioether (sulfide) groups is 1. The van der Waals surface area contributed by atoms with Crippen molar-refractivity contribution in [3.05, 3.63) is 36.0 Å². The molecular weight excluding hydrogens is 318 g/mol. The lowest BCUT2D eigenvalue weighted by Gasteiger charge is -2.35. The molecule has 2 aromatic rings. The van der Waals surface area contributed by atoms with Gasteiger partial charge in [-0.1, -0.05) is 55.9 Å². The highest BCUT2D eigenvalue weighted by Crippen LogP contribution is 2.34. The molecule has 2 aliphatic heterocycles. The molecule has 0 saturated carbocycles. The van der Waals surface area contributed by atoms with Crippen molar-refractivity contribution < 1.29 is 4.74 Å². The second-order valence-corrected chi connectivity index (χ2v) is 8.01. The Morgan fingerprint density at radius 3 is 2.88 bits per heavy atom. The van der Waals surface area contributed by atoms with Gasteiger partial charge in [0.15, 0.2) is 5.16 Å². The van der Waals surface area contributed by atoms with Crippen LogP contribution >= 0.6 is 11.8 Å². The van der Waals surface area contributed by atoms with Crippen molar-refractivity contribution in [3.63, 3.8) is 0 Å². The molecule has 128 valence electrons. The lowest BCUT2D eigenvalue weighted by molar-refractivity contribution is -0.0534. The fourth-order valence-electron chi connectivity index (χ4n) is 3.51. The summed E-state index contributed by atoms with van der Waals surface area (Å²) in [6.45, 7) is 9.38. The van der Waals surface area contributed by atoms with E-state index in [0.717, 1.165) is 44.2 Å². The Morgan fingerprint density at radius 1 is 1.25 bits per heavy atom. The van der Waals surface area contributed by atoms with Crippen LogP contribution < -0.4 is 0 Å². The van der Waals surface area contributed by atoms with Gasteiger partial charge in [-0.25, -0.2) is 4.98 Å². The highest BCUT2D eigenvalue weighted by molar-refractivity contribution is 7.99. The number of hydrogen-bond donors (Lipinski definition) is 0. The van der Waals surface area contributed by atoms with Crippen molar-refractivity contribution in [2.24, 2.45) is 5.92 Å². The van der Waals surface area contributed by atoms with Gasteiger partial charge in [-0.15, -0.1) is 0 Å².